The van der Waals surface area contributed by atoms with Crippen LogP contribution in [0, 0.1) is 0 Å². The van der Waals surface area contributed by atoms with Crippen LogP contribution in [0.15, 0.2) is 48.7 Å². The lowest BCUT2D eigenvalue weighted by Gasteiger charge is -2.10. The van der Waals surface area contributed by atoms with Gasteiger partial charge in [-0.05, 0) is 23.8 Å². The number of ether oxygens (including phenoxy) is 2. The first-order valence-corrected chi connectivity index (χ1v) is 9.70. The fourth-order valence-electron chi connectivity index (χ4n) is 3.30. The molecule has 0 radical (unpaired) electrons. The molecule has 1 aliphatic rings. The van der Waals surface area contributed by atoms with Crippen molar-refractivity contribution >= 4 is 22.7 Å². The molecule has 1 aliphatic heterocycles. The van der Waals surface area contributed by atoms with Crippen molar-refractivity contribution < 1.29 is 19.1 Å². The summed E-state index contributed by atoms with van der Waals surface area (Å²) in [6.07, 6.45) is 2.78. The number of amides is 2. The zero-order chi connectivity index (χ0) is 20.1. The Kier molecular flexibility index (Phi) is 5.65. The van der Waals surface area contributed by atoms with Gasteiger partial charge >= 0.3 is 0 Å². The van der Waals surface area contributed by atoms with Gasteiger partial charge in [0.25, 0.3) is 5.91 Å². The van der Waals surface area contributed by atoms with Gasteiger partial charge in [-0.25, -0.2) is 0 Å². The Morgan fingerprint density at radius 2 is 1.76 bits per heavy atom. The van der Waals surface area contributed by atoms with Crippen LogP contribution in [0.2, 0.25) is 0 Å². The summed E-state index contributed by atoms with van der Waals surface area (Å²) in [6.45, 7) is 1.96. The molecule has 0 saturated heterocycles. The largest absolute Gasteiger partial charge is 0.490 e. The number of hydrogen-bond donors (Lipinski definition) is 3. The molecule has 3 N–H and O–H groups in total. The normalized spacial score (nSPS) is 13.0. The van der Waals surface area contributed by atoms with Gasteiger partial charge in [-0.3, -0.25) is 9.59 Å². The van der Waals surface area contributed by atoms with E-state index in [9.17, 15) is 9.59 Å². The minimum absolute atomic E-state index is 0.110. The van der Waals surface area contributed by atoms with Crippen molar-refractivity contribution in [2.45, 2.75) is 12.8 Å². The smallest absolute Gasteiger partial charge is 0.253 e. The molecule has 0 fully saturated rings. The van der Waals surface area contributed by atoms with Crippen molar-refractivity contribution in [3.63, 3.8) is 0 Å². The predicted octanol–water partition coefficient (Wildman–Crippen LogP) is 2.42. The van der Waals surface area contributed by atoms with E-state index in [2.05, 4.69) is 15.6 Å². The third-order valence-corrected chi connectivity index (χ3v) is 4.74. The number of aromatic amines is 1. The molecule has 0 aliphatic carbocycles. The summed E-state index contributed by atoms with van der Waals surface area (Å²) in [4.78, 5) is 27.6. The SMILES string of the molecule is O=C(Cc1ccc2c(c1)OCCCO2)NCCNC(=O)c1c[nH]c2ccccc12. The molecule has 2 heterocycles. The van der Waals surface area contributed by atoms with Crippen molar-refractivity contribution in [3.05, 3.63) is 59.8 Å². The summed E-state index contributed by atoms with van der Waals surface area (Å²) in [5.74, 6) is 1.12. The summed E-state index contributed by atoms with van der Waals surface area (Å²) >= 11 is 0. The number of hydrogen-bond acceptors (Lipinski definition) is 4. The van der Waals surface area contributed by atoms with Crippen LogP contribution in [0.25, 0.3) is 10.9 Å². The molecular formula is C22H23N3O4. The van der Waals surface area contributed by atoms with Gasteiger partial charge in [-0.15, -0.1) is 0 Å². The van der Waals surface area contributed by atoms with Gasteiger partial charge < -0.3 is 25.1 Å². The summed E-state index contributed by atoms with van der Waals surface area (Å²) in [7, 11) is 0. The first-order chi connectivity index (χ1) is 14.2. The van der Waals surface area contributed by atoms with E-state index in [4.69, 9.17) is 9.47 Å². The number of carbonyl (C=O) groups is 2. The van der Waals surface area contributed by atoms with Crippen LogP contribution in [0.4, 0.5) is 0 Å². The molecule has 0 spiro atoms. The van der Waals surface area contributed by atoms with Crippen LogP contribution in [0.5, 0.6) is 11.5 Å². The Balaban J connectivity index is 1.24. The fourth-order valence-corrected chi connectivity index (χ4v) is 3.30. The van der Waals surface area contributed by atoms with E-state index in [0.29, 0.717) is 43.4 Å². The Morgan fingerprint density at radius 3 is 2.66 bits per heavy atom. The molecule has 29 heavy (non-hydrogen) atoms. The molecule has 150 valence electrons. The Morgan fingerprint density at radius 1 is 0.966 bits per heavy atom. The minimum Gasteiger partial charge on any atom is -0.490 e. The summed E-state index contributed by atoms with van der Waals surface area (Å²) in [5, 5.41) is 6.54. The van der Waals surface area contributed by atoms with Crippen molar-refractivity contribution in [1.82, 2.24) is 15.6 Å². The van der Waals surface area contributed by atoms with Gasteiger partial charge in [0.2, 0.25) is 5.91 Å². The Bertz CT molecular complexity index is 1030. The zero-order valence-corrected chi connectivity index (χ0v) is 16.0. The second kappa shape index (κ2) is 8.68. The average Bonchev–Trinajstić information content (AvgIpc) is 3.02. The maximum absolute atomic E-state index is 12.4. The number of aromatic nitrogens is 1. The van der Waals surface area contributed by atoms with E-state index in [1.807, 2.05) is 42.5 Å². The van der Waals surface area contributed by atoms with Crippen LogP contribution in [-0.4, -0.2) is 43.1 Å². The number of benzene rings is 2. The van der Waals surface area contributed by atoms with Crippen LogP contribution < -0.4 is 20.1 Å². The van der Waals surface area contributed by atoms with Crippen molar-refractivity contribution in [3.8, 4) is 11.5 Å². The zero-order valence-electron chi connectivity index (χ0n) is 16.0. The van der Waals surface area contributed by atoms with E-state index < -0.39 is 0 Å². The third-order valence-electron chi connectivity index (χ3n) is 4.74. The monoisotopic (exact) mass is 393 g/mol. The van der Waals surface area contributed by atoms with E-state index >= 15 is 0 Å². The Hall–Kier alpha value is -3.48. The summed E-state index contributed by atoms with van der Waals surface area (Å²) in [6, 6.07) is 13.2. The molecule has 2 aromatic carbocycles. The summed E-state index contributed by atoms with van der Waals surface area (Å²) in [5.41, 5.74) is 2.37. The van der Waals surface area contributed by atoms with Gasteiger partial charge in [0.05, 0.1) is 25.2 Å². The topological polar surface area (TPSA) is 92.4 Å². The standard InChI is InChI=1S/C22H23N3O4/c26-21(13-15-6-7-19-20(12-15)29-11-3-10-28-19)23-8-9-24-22(27)17-14-25-18-5-2-1-4-16(17)18/h1-2,4-7,12,14,25H,3,8-11,13H2,(H,23,26)(H,24,27). The van der Waals surface area contributed by atoms with E-state index in [1.54, 1.807) is 6.20 Å². The van der Waals surface area contributed by atoms with Gasteiger partial charge in [-0.2, -0.15) is 0 Å². The van der Waals surface area contributed by atoms with E-state index in [0.717, 1.165) is 22.9 Å². The molecule has 4 rings (SSSR count). The second-order valence-corrected chi connectivity index (χ2v) is 6.86. The lowest BCUT2D eigenvalue weighted by atomic mass is 10.1. The number of rotatable bonds is 6. The number of carbonyl (C=O) groups excluding carboxylic acids is 2. The first kappa shape index (κ1) is 18.9. The fraction of sp³-hybridized carbons (Fsp3) is 0.273. The molecule has 2 amide bonds. The highest BCUT2D eigenvalue weighted by Crippen LogP contribution is 2.30. The predicted molar refractivity (Wildman–Crippen MR) is 109 cm³/mol. The Labute approximate surface area is 168 Å². The number of H-pyrrole nitrogens is 1. The van der Waals surface area contributed by atoms with Gasteiger partial charge in [0.1, 0.15) is 0 Å². The lowest BCUT2D eigenvalue weighted by Crippen LogP contribution is -2.35. The average molecular weight is 393 g/mol. The van der Waals surface area contributed by atoms with Crippen molar-refractivity contribution in [2.75, 3.05) is 26.3 Å². The molecule has 0 bridgehead atoms. The van der Waals surface area contributed by atoms with E-state index in [1.165, 1.54) is 0 Å². The quantitative estimate of drug-likeness (QED) is 0.561. The lowest BCUT2D eigenvalue weighted by molar-refractivity contribution is -0.120. The number of nitrogens with one attached hydrogen (secondary N) is 3. The molecular weight excluding hydrogens is 370 g/mol. The molecule has 7 heteroatoms. The van der Waals surface area contributed by atoms with Gasteiger partial charge in [-0.1, -0.05) is 24.3 Å². The number of para-hydroxylation sites is 1. The maximum Gasteiger partial charge on any atom is 0.253 e. The van der Waals surface area contributed by atoms with Gasteiger partial charge in [0, 0.05) is 36.6 Å². The van der Waals surface area contributed by atoms with E-state index in [-0.39, 0.29) is 18.2 Å². The van der Waals surface area contributed by atoms with Crippen LogP contribution in [0.1, 0.15) is 22.3 Å². The first-order valence-electron chi connectivity index (χ1n) is 9.70. The third kappa shape index (κ3) is 4.51. The summed E-state index contributed by atoms with van der Waals surface area (Å²) < 4.78 is 11.3. The van der Waals surface area contributed by atoms with Gasteiger partial charge in [0.15, 0.2) is 11.5 Å². The second-order valence-electron chi connectivity index (χ2n) is 6.86. The van der Waals surface area contributed by atoms with Crippen LogP contribution >= 0.6 is 0 Å². The molecule has 3 aromatic rings. The van der Waals surface area contributed by atoms with Crippen LogP contribution in [0.3, 0.4) is 0 Å². The van der Waals surface area contributed by atoms with Crippen molar-refractivity contribution in [2.24, 2.45) is 0 Å². The minimum atomic E-state index is -0.167. The highest BCUT2D eigenvalue weighted by molar-refractivity contribution is 6.06. The molecule has 7 nitrogen and oxygen atoms in total. The van der Waals surface area contributed by atoms with Crippen LogP contribution in [-0.2, 0) is 11.2 Å². The molecule has 0 saturated carbocycles. The maximum atomic E-state index is 12.4. The molecule has 1 aromatic heterocycles. The van der Waals surface area contributed by atoms with Crippen molar-refractivity contribution in [1.29, 1.82) is 0 Å². The highest BCUT2D eigenvalue weighted by atomic mass is 16.5. The molecule has 0 unspecified atom stereocenters. The highest BCUT2D eigenvalue weighted by Gasteiger charge is 2.13. The number of fused-ring (bicyclic) bond motifs is 2. The molecule has 0 atom stereocenters.